The molecule has 0 fully saturated rings. The van der Waals surface area contributed by atoms with E-state index in [2.05, 4.69) is 9.71 Å². The van der Waals surface area contributed by atoms with E-state index >= 15 is 0 Å². The highest BCUT2D eigenvalue weighted by molar-refractivity contribution is 7.90. The molecule has 4 aromatic carbocycles. The second-order valence-electron chi connectivity index (χ2n) is 8.20. The zero-order valence-electron chi connectivity index (χ0n) is 18.3. The van der Waals surface area contributed by atoms with Gasteiger partial charge in [-0.2, -0.15) is 0 Å². The van der Waals surface area contributed by atoms with Crippen LogP contribution in [0.25, 0.3) is 21.5 Å². The van der Waals surface area contributed by atoms with Gasteiger partial charge in [-0.15, -0.1) is 0 Å². The molecule has 0 aliphatic rings. The number of sulfonamides is 1. The molecule has 168 valence electrons. The molecule has 0 saturated carbocycles. The van der Waals surface area contributed by atoms with E-state index < -0.39 is 21.8 Å². The Morgan fingerprint density at radius 3 is 2.00 bits per heavy atom. The summed E-state index contributed by atoms with van der Waals surface area (Å²) in [4.78, 5) is 17.5. The summed E-state index contributed by atoms with van der Waals surface area (Å²) in [6, 6.07) is 29.7. The lowest BCUT2D eigenvalue weighted by atomic mass is 9.90. The van der Waals surface area contributed by atoms with E-state index in [1.54, 1.807) is 24.5 Å². The predicted molar refractivity (Wildman–Crippen MR) is 134 cm³/mol. The number of hydrogen-bond acceptors (Lipinski definition) is 4. The first-order chi connectivity index (χ1) is 16.5. The Bertz CT molecular complexity index is 1600. The fraction of sp³-hybridized carbons (Fsp3) is 0.0714. The number of hydrogen-bond donors (Lipinski definition) is 1. The Morgan fingerprint density at radius 1 is 0.735 bits per heavy atom. The van der Waals surface area contributed by atoms with Gasteiger partial charge in [0, 0.05) is 12.4 Å². The van der Waals surface area contributed by atoms with Gasteiger partial charge in [-0.05, 0) is 63.4 Å². The first-order valence-electron chi connectivity index (χ1n) is 10.9. The minimum Gasteiger partial charge on any atom is -0.273 e. The standard InChI is InChI=1S/C28H22N2O3S/c31-28(30-34(32,33)26-12-11-22-6-2-4-8-24(22)19-26)27(17-20-13-15-29-16-14-20)25-10-9-21-5-1-3-7-23(21)18-25/h1-16,18-19,27H,17H2,(H,30,31). The zero-order chi connectivity index (χ0) is 23.5. The maximum atomic E-state index is 13.4. The quantitative estimate of drug-likeness (QED) is 0.372. The molecule has 0 aliphatic heterocycles. The van der Waals surface area contributed by atoms with Crippen molar-refractivity contribution in [3.63, 3.8) is 0 Å². The fourth-order valence-corrected chi connectivity index (χ4v) is 5.19. The van der Waals surface area contributed by atoms with Gasteiger partial charge >= 0.3 is 0 Å². The molecule has 1 amide bonds. The highest BCUT2D eigenvalue weighted by Crippen LogP contribution is 2.26. The smallest absolute Gasteiger partial charge is 0.264 e. The summed E-state index contributed by atoms with van der Waals surface area (Å²) >= 11 is 0. The summed E-state index contributed by atoms with van der Waals surface area (Å²) < 4.78 is 28.6. The third-order valence-electron chi connectivity index (χ3n) is 5.95. The summed E-state index contributed by atoms with van der Waals surface area (Å²) in [5, 5.41) is 3.77. The molecule has 0 saturated heterocycles. The average molecular weight is 467 g/mol. The van der Waals surface area contributed by atoms with Gasteiger partial charge in [-0.3, -0.25) is 9.78 Å². The fourth-order valence-electron chi connectivity index (χ4n) is 4.14. The minimum atomic E-state index is -4.05. The van der Waals surface area contributed by atoms with Crippen LogP contribution in [0.3, 0.4) is 0 Å². The molecule has 5 rings (SSSR count). The average Bonchev–Trinajstić information content (AvgIpc) is 2.87. The molecule has 0 bridgehead atoms. The second kappa shape index (κ2) is 9.08. The third-order valence-corrected chi connectivity index (χ3v) is 7.29. The van der Waals surface area contributed by atoms with E-state index in [4.69, 9.17) is 0 Å². The van der Waals surface area contributed by atoms with Gasteiger partial charge in [0.1, 0.15) is 0 Å². The highest BCUT2D eigenvalue weighted by Gasteiger charge is 2.27. The molecule has 0 aliphatic carbocycles. The molecule has 6 heteroatoms. The number of amides is 1. The Labute approximate surface area is 198 Å². The Balaban J connectivity index is 1.49. The van der Waals surface area contributed by atoms with Crippen LogP contribution in [0.5, 0.6) is 0 Å². The number of nitrogens with zero attached hydrogens (tertiary/aromatic N) is 1. The number of nitrogens with one attached hydrogen (secondary N) is 1. The normalized spacial score (nSPS) is 12.5. The summed E-state index contributed by atoms with van der Waals surface area (Å²) in [7, 11) is -4.05. The topological polar surface area (TPSA) is 76.1 Å². The molecule has 1 N–H and O–H groups in total. The van der Waals surface area contributed by atoms with Crippen LogP contribution in [-0.2, 0) is 21.2 Å². The van der Waals surface area contributed by atoms with Crippen molar-refractivity contribution in [2.45, 2.75) is 17.2 Å². The van der Waals surface area contributed by atoms with Gasteiger partial charge in [0.2, 0.25) is 5.91 Å². The van der Waals surface area contributed by atoms with E-state index in [0.29, 0.717) is 6.42 Å². The number of rotatable bonds is 6. The van der Waals surface area contributed by atoms with Crippen molar-refractivity contribution in [3.8, 4) is 0 Å². The Kier molecular flexibility index (Phi) is 5.82. The van der Waals surface area contributed by atoms with Gasteiger partial charge < -0.3 is 0 Å². The lowest BCUT2D eigenvalue weighted by molar-refractivity contribution is -0.120. The van der Waals surface area contributed by atoms with Crippen LogP contribution in [-0.4, -0.2) is 19.3 Å². The number of pyridine rings is 1. The van der Waals surface area contributed by atoms with Crippen LogP contribution < -0.4 is 4.72 Å². The molecule has 5 aromatic rings. The van der Waals surface area contributed by atoms with Gasteiger partial charge in [0.25, 0.3) is 10.0 Å². The minimum absolute atomic E-state index is 0.0562. The Hall–Kier alpha value is -4.03. The predicted octanol–water partition coefficient (Wildman–Crippen LogP) is 5.22. The van der Waals surface area contributed by atoms with Crippen molar-refractivity contribution in [1.29, 1.82) is 0 Å². The summed E-state index contributed by atoms with van der Waals surface area (Å²) in [6.07, 6.45) is 3.67. The molecule has 5 nitrogen and oxygen atoms in total. The first kappa shape index (κ1) is 21.8. The number of carbonyl (C=O) groups is 1. The Morgan fingerprint density at radius 2 is 1.32 bits per heavy atom. The van der Waals surface area contributed by atoms with Crippen LogP contribution in [0.15, 0.2) is 114 Å². The van der Waals surface area contributed by atoms with Crippen LogP contribution in [0.1, 0.15) is 17.0 Å². The maximum Gasteiger partial charge on any atom is 0.264 e. The van der Waals surface area contributed by atoms with Gasteiger partial charge in [-0.25, -0.2) is 13.1 Å². The van der Waals surface area contributed by atoms with Crippen molar-refractivity contribution in [2.24, 2.45) is 0 Å². The number of benzene rings is 4. The summed E-state index contributed by atoms with van der Waals surface area (Å²) in [6.45, 7) is 0. The molecule has 0 radical (unpaired) electrons. The van der Waals surface area contributed by atoms with E-state index in [1.807, 2.05) is 78.9 Å². The molecule has 1 unspecified atom stereocenters. The van der Waals surface area contributed by atoms with Crippen LogP contribution in [0.2, 0.25) is 0 Å². The molecular weight excluding hydrogens is 444 g/mol. The second-order valence-corrected chi connectivity index (χ2v) is 9.88. The van der Waals surface area contributed by atoms with E-state index in [9.17, 15) is 13.2 Å². The van der Waals surface area contributed by atoms with Crippen molar-refractivity contribution < 1.29 is 13.2 Å². The largest absolute Gasteiger partial charge is 0.273 e. The number of carbonyl (C=O) groups excluding carboxylic acids is 1. The maximum absolute atomic E-state index is 13.4. The molecular formula is C28H22N2O3S. The molecule has 1 aromatic heterocycles. The van der Waals surface area contributed by atoms with Gasteiger partial charge in [0.15, 0.2) is 0 Å². The molecule has 0 spiro atoms. The molecule has 34 heavy (non-hydrogen) atoms. The van der Waals surface area contributed by atoms with E-state index in [0.717, 1.165) is 32.7 Å². The van der Waals surface area contributed by atoms with E-state index in [1.165, 1.54) is 6.07 Å². The van der Waals surface area contributed by atoms with Crippen molar-refractivity contribution in [2.75, 3.05) is 0 Å². The lowest BCUT2D eigenvalue weighted by Gasteiger charge is -2.18. The number of fused-ring (bicyclic) bond motifs is 2. The molecule has 1 atom stereocenters. The van der Waals surface area contributed by atoms with E-state index in [-0.39, 0.29) is 4.90 Å². The van der Waals surface area contributed by atoms with Crippen LogP contribution >= 0.6 is 0 Å². The van der Waals surface area contributed by atoms with Crippen LogP contribution in [0, 0.1) is 0 Å². The summed E-state index contributed by atoms with van der Waals surface area (Å²) in [5.74, 6) is -1.26. The third kappa shape index (κ3) is 4.54. The first-order valence-corrected chi connectivity index (χ1v) is 12.4. The highest BCUT2D eigenvalue weighted by atomic mass is 32.2. The van der Waals surface area contributed by atoms with Gasteiger partial charge in [-0.1, -0.05) is 72.8 Å². The van der Waals surface area contributed by atoms with Gasteiger partial charge in [0.05, 0.1) is 10.8 Å². The SMILES string of the molecule is O=C(NS(=O)(=O)c1ccc2ccccc2c1)C(Cc1ccncc1)c1ccc2ccccc2c1. The monoisotopic (exact) mass is 466 g/mol. The lowest BCUT2D eigenvalue weighted by Crippen LogP contribution is -2.35. The van der Waals surface area contributed by atoms with Crippen LogP contribution in [0.4, 0.5) is 0 Å². The molecule has 1 heterocycles. The van der Waals surface area contributed by atoms with Crippen molar-refractivity contribution in [3.05, 3.63) is 121 Å². The van der Waals surface area contributed by atoms with Crippen molar-refractivity contribution >= 4 is 37.5 Å². The van der Waals surface area contributed by atoms with Crippen molar-refractivity contribution in [1.82, 2.24) is 9.71 Å². The summed E-state index contributed by atoms with van der Waals surface area (Å²) in [5.41, 5.74) is 1.65. The number of aromatic nitrogens is 1. The zero-order valence-corrected chi connectivity index (χ0v) is 19.1.